The molecule has 0 aromatic carbocycles. The van der Waals surface area contributed by atoms with E-state index in [-0.39, 0.29) is 13.2 Å². The van der Waals surface area contributed by atoms with E-state index in [9.17, 15) is 16.8 Å². The molecule has 0 saturated carbocycles. The largest absolute Gasteiger partial charge is 0.390 e. The first-order chi connectivity index (χ1) is 10.6. The van der Waals surface area contributed by atoms with Gasteiger partial charge in [-0.2, -0.15) is 16.8 Å². The number of unbranched alkanes of at least 4 members (excludes halogenated alkanes) is 3. The van der Waals surface area contributed by atoms with E-state index in [4.69, 9.17) is 16.1 Å². The summed E-state index contributed by atoms with van der Waals surface area (Å²) in [7, 11) is -12.3. The third-order valence-electron chi connectivity index (χ3n) is 2.20. The van der Waals surface area contributed by atoms with Crippen LogP contribution in [0.1, 0.15) is 25.7 Å². The SMILES string of the molecule is C[Si](C)(C)OS(=O)(=O)OCCCCCCOS(=O)(=O)O[Si](C)(C)C. The second kappa shape index (κ2) is 9.76. The third-order valence-corrected chi connectivity index (χ3v) is 8.74. The van der Waals surface area contributed by atoms with Crippen molar-refractivity contribution in [1.82, 2.24) is 0 Å². The van der Waals surface area contributed by atoms with Crippen molar-refractivity contribution in [2.75, 3.05) is 13.2 Å². The van der Waals surface area contributed by atoms with Gasteiger partial charge in [-0.3, -0.25) is 7.74 Å². The molecular weight excluding hydrogens is 392 g/mol. The van der Waals surface area contributed by atoms with Gasteiger partial charge in [0.15, 0.2) is 0 Å². The van der Waals surface area contributed by atoms with Gasteiger partial charge in [-0.05, 0) is 52.1 Å². The molecule has 146 valence electrons. The summed E-state index contributed by atoms with van der Waals surface area (Å²) in [5.74, 6) is 0. The van der Waals surface area contributed by atoms with Crippen molar-refractivity contribution in [3.05, 3.63) is 0 Å². The van der Waals surface area contributed by atoms with Crippen LogP contribution in [0.25, 0.3) is 0 Å². The van der Waals surface area contributed by atoms with Crippen LogP contribution < -0.4 is 0 Å². The lowest BCUT2D eigenvalue weighted by Gasteiger charge is -2.16. The predicted molar refractivity (Wildman–Crippen MR) is 97.1 cm³/mol. The van der Waals surface area contributed by atoms with Gasteiger partial charge in [0.2, 0.25) is 16.6 Å². The van der Waals surface area contributed by atoms with E-state index in [1.54, 1.807) is 39.3 Å². The summed E-state index contributed by atoms with van der Waals surface area (Å²) in [6.45, 7) is 10.6. The van der Waals surface area contributed by atoms with Crippen LogP contribution in [0.5, 0.6) is 0 Å². The van der Waals surface area contributed by atoms with Crippen LogP contribution >= 0.6 is 0 Å². The van der Waals surface area contributed by atoms with Crippen molar-refractivity contribution in [1.29, 1.82) is 0 Å². The van der Waals surface area contributed by atoms with E-state index in [2.05, 4.69) is 0 Å². The van der Waals surface area contributed by atoms with Crippen molar-refractivity contribution in [2.24, 2.45) is 0 Å². The van der Waals surface area contributed by atoms with Crippen LogP contribution in [0.3, 0.4) is 0 Å². The minimum Gasteiger partial charge on any atom is -0.294 e. The molecule has 0 aliphatic rings. The van der Waals surface area contributed by atoms with Crippen molar-refractivity contribution >= 4 is 37.4 Å². The molecule has 0 N–H and O–H groups in total. The van der Waals surface area contributed by atoms with Crippen LogP contribution in [0.4, 0.5) is 0 Å². The van der Waals surface area contributed by atoms with E-state index >= 15 is 0 Å². The van der Waals surface area contributed by atoms with E-state index in [1.165, 1.54) is 0 Å². The van der Waals surface area contributed by atoms with Gasteiger partial charge in [0.1, 0.15) is 0 Å². The van der Waals surface area contributed by atoms with Crippen LogP contribution in [-0.2, 0) is 36.9 Å². The van der Waals surface area contributed by atoms with Gasteiger partial charge in [-0.1, -0.05) is 12.8 Å². The smallest absolute Gasteiger partial charge is 0.294 e. The van der Waals surface area contributed by atoms with E-state index in [1.807, 2.05) is 0 Å². The fourth-order valence-electron chi connectivity index (χ4n) is 1.54. The molecule has 0 fully saturated rings. The van der Waals surface area contributed by atoms with Crippen molar-refractivity contribution in [3.63, 3.8) is 0 Å². The summed E-state index contributed by atoms with van der Waals surface area (Å²) in [5, 5.41) is 0. The first kappa shape index (κ1) is 24.2. The van der Waals surface area contributed by atoms with Crippen LogP contribution in [0, 0.1) is 0 Å². The van der Waals surface area contributed by atoms with Crippen molar-refractivity contribution in [3.8, 4) is 0 Å². The Bertz CT molecular complexity index is 509. The monoisotopic (exact) mass is 422 g/mol. The molecule has 24 heavy (non-hydrogen) atoms. The first-order valence-electron chi connectivity index (χ1n) is 7.82. The molecule has 8 nitrogen and oxygen atoms in total. The van der Waals surface area contributed by atoms with Crippen LogP contribution in [-0.4, -0.2) is 46.7 Å². The van der Waals surface area contributed by atoms with Gasteiger partial charge in [0.25, 0.3) is 0 Å². The van der Waals surface area contributed by atoms with E-state index in [0.29, 0.717) is 25.7 Å². The Labute approximate surface area is 148 Å². The Morgan fingerprint density at radius 1 is 0.583 bits per heavy atom. The van der Waals surface area contributed by atoms with Crippen molar-refractivity contribution < 1.29 is 32.9 Å². The van der Waals surface area contributed by atoms with Crippen LogP contribution in [0.15, 0.2) is 0 Å². The van der Waals surface area contributed by atoms with E-state index < -0.39 is 37.4 Å². The lowest BCUT2D eigenvalue weighted by atomic mass is 10.2. The molecular formula is C12H30O8S2Si2. The molecule has 0 bridgehead atoms. The second-order valence-electron chi connectivity index (χ2n) is 7.27. The normalized spacial score (nSPS) is 14.1. The molecule has 12 heteroatoms. The Kier molecular flexibility index (Phi) is 9.83. The van der Waals surface area contributed by atoms with Gasteiger partial charge in [-0.25, -0.2) is 8.37 Å². The highest BCUT2D eigenvalue weighted by atomic mass is 32.3. The topological polar surface area (TPSA) is 105 Å². The lowest BCUT2D eigenvalue weighted by molar-refractivity contribution is 0.252. The van der Waals surface area contributed by atoms with E-state index in [0.717, 1.165) is 0 Å². The second-order valence-corrected chi connectivity index (χ2v) is 19.2. The minimum absolute atomic E-state index is 0.0463. The van der Waals surface area contributed by atoms with Crippen molar-refractivity contribution in [2.45, 2.75) is 65.0 Å². The molecule has 0 aromatic rings. The molecule has 0 atom stereocenters. The highest BCUT2D eigenvalue weighted by Gasteiger charge is 2.25. The zero-order valence-electron chi connectivity index (χ0n) is 15.3. The molecule has 0 rings (SSSR count). The zero-order chi connectivity index (χ0) is 19.1. The summed E-state index contributed by atoms with van der Waals surface area (Å²) in [6.07, 6.45) is 2.46. The minimum atomic E-state index is -3.93. The highest BCUT2D eigenvalue weighted by molar-refractivity contribution is 7.83. The average molecular weight is 423 g/mol. The lowest BCUT2D eigenvalue weighted by Crippen LogP contribution is -2.30. The fourth-order valence-corrected chi connectivity index (χ4v) is 7.47. The third kappa shape index (κ3) is 15.7. The van der Waals surface area contributed by atoms with Gasteiger partial charge < -0.3 is 0 Å². The molecule has 0 aliphatic carbocycles. The summed E-state index contributed by atoms with van der Waals surface area (Å²) >= 11 is 0. The first-order valence-corrected chi connectivity index (χ1v) is 17.3. The van der Waals surface area contributed by atoms with Crippen LogP contribution in [0.2, 0.25) is 39.3 Å². The standard InChI is InChI=1S/C12H30O8S2Si2/c1-23(2,3)19-21(13,14)17-11-9-7-8-10-12-18-22(15,16)20-24(4,5)6/h7-12H2,1-6H3. The molecule has 0 aliphatic heterocycles. The van der Waals surface area contributed by atoms with Gasteiger partial charge in [0.05, 0.1) is 13.2 Å². The summed E-state index contributed by atoms with van der Waals surface area (Å²) in [6, 6.07) is 0. The summed E-state index contributed by atoms with van der Waals surface area (Å²) < 4.78 is 65.4. The molecule has 0 unspecified atom stereocenters. The maximum atomic E-state index is 11.5. The number of rotatable bonds is 13. The zero-order valence-corrected chi connectivity index (χ0v) is 19.0. The van der Waals surface area contributed by atoms with Gasteiger partial charge >= 0.3 is 20.8 Å². The highest BCUT2D eigenvalue weighted by Crippen LogP contribution is 2.12. The Morgan fingerprint density at radius 2 is 0.875 bits per heavy atom. The quantitative estimate of drug-likeness (QED) is 0.329. The Hall–Kier alpha value is 0.174. The summed E-state index contributed by atoms with van der Waals surface area (Å²) in [4.78, 5) is 0. The maximum Gasteiger partial charge on any atom is 0.390 e. The van der Waals surface area contributed by atoms with Gasteiger partial charge in [-0.15, -0.1) is 0 Å². The Balaban J connectivity index is 3.79. The maximum absolute atomic E-state index is 11.5. The average Bonchev–Trinajstić information content (AvgIpc) is 2.25. The number of hydrogen-bond acceptors (Lipinski definition) is 8. The summed E-state index contributed by atoms with van der Waals surface area (Å²) in [5.41, 5.74) is 0. The number of hydrogen-bond donors (Lipinski definition) is 0. The molecule has 0 heterocycles. The fraction of sp³-hybridized carbons (Fsp3) is 1.00. The van der Waals surface area contributed by atoms with Gasteiger partial charge in [0, 0.05) is 0 Å². The molecule has 0 aromatic heterocycles. The molecule has 0 amide bonds. The Morgan fingerprint density at radius 3 is 1.12 bits per heavy atom. The predicted octanol–water partition coefficient (Wildman–Crippen LogP) is 2.77. The molecule has 0 saturated heterocycles. The molecule has 0 spiro atoms. The molecule has 0 radical (unpaired) electrons.